The van der Waals surface area contributed by atoms with Gasteiger partial charge in [-0.2, -0.15) is 5.10 Å². The van der Waals surface area contributed by atoms with Crippen LogP contribution in [0.4, 0.5) is 0 Å². The lowest BCUT2D eigenvalue weighted by atomic mass is 9.93. The third kappa shape index (κ3) is 3.61. The second kappa shape index (κ2) is 6.68. The molecule has 9 heteroatoms. The van der Waals surface area contributed by atoms with Crippen molar-refractivity contribution in [3.05, 3.63) is 36.2 Å². The standard InChI is InChI=1S/C15H19N5O3S/c1-24(22,23)14-9-18-19-12(14)7-11-3-2-6-20(10-11)15(21)13-8-16-4-5-17-13/h4-5,8-9,11H,2-3,6-7,10H2,1H3,(H,18,19)/t11-/m1/s1. The highest BCUT2D eigenvalue weighted by molar-refractivity contribution is 7.90. The number of nitrogens with zero attached hydrogens (tertiary/aromatic N) is 4. The van der Waals surface area contributed by atoms with Gasteiger partial charge in [0.15, 0.2) is 9.84 Å². The Morgan fingerprint density at radius 3 is 2.92 bits per heavy atom. The largest absolute Gasteiger partial charge is 0.337 e. The first-order valence-electron chi connectivity index (χ1n) is 7.72. The minimum Gasteiger partial charge on any atom is -0.337 e. The smallest absolute Gasteiger partial charge is 0.274 e. The maximum atomic E-state index is 12.5. The fraction of sp³-hybridized carbons (Fsp3) is 0.467. The van der Waals surface area contributed by atoms with Gasteiger partial charge in [0.1, 0.15) is 10.6 Å². The monoisotopic (exact) mass is 349 g/mol. The highest BCUT2D eigenvalue weighted by Crippen LogP contribution is 2.24. The number of sulfone groups is 1. The molecular weight excluding hydrogens is 330 g/mol. The van der Waals surface area contributed by atoms with E-state index in [9.17, 15) is 13.2 Å². The Morgan fingerprint density at radius 1 is 1.38 bits per heavy atom. The van der Waals surface area contributed by atoms with E-state index in [1.54, 1.807) is 4.90 Å². The van der Waals surface area contributed by atoms with Crippen LogP contribution in [0.1, 0.15) is 29.0 Å². The van der Waals surface area contributed by atoms with Crippen molar-refractivity contribution >= 4 is 15.7 Å². The van der Waals surface area contributed by atoms with Crippen LogP contribution in [0.15, 0.2) is 29.7 Å². The van der Waals surface area contributed by atoms with Crippen LogP contribution in [0.3, 0.4) is 0 Å². The maximum Gasteiger partial charge on any atom is 0.274 e. The summed E-state index contributed by atoms with van der Waals surface area (Å²) in [6.07, 6.45) is 9.36. The Hall–Kier alpha value is -2.29. The number of H-pyrrole nitrogens is 1. The van der Waals surface area contributed by atoms with Crippen LogP contribution in [0, 0.1) is 5.92 Å². The van der Waals surface area contributed by atoms with Crippen LogP contribution in [0.5, 0.6) is 0 Å². The van der Waals surface area contributed by atoms with Crippen molar-refractivity contribution in [1.29, 1.82) is 0 Å². The number of nitrogens with one attached hydrogen (secondary N) is 1. The lowest BCUT2D eigenvalue weighted by Gasteiger charge is -2.32. The number of likely N-dealkylation sites (tertiary alicyclic amines) is 1. The molecule has 1 fully saturated rings. The summed E-state index contributed by atoms with van der Waals surface area (Å²) in [4.78, 5) is 22.5. The van der Waals surface area contributed by atoms with Gasteiger partial charge in [-0.15, -0.1) is 0 Å². The van der Waals surface area contributed by atoms with E-state index < -0.39 is 9.84 Å². The number of hydrogen-bond donors (Lipinski definition) is 1. The lowest BCUT2D eigenvalue weighted by Crippen LogP contribution is -2.41. The molecule has 2 aromatic heterocycles. The summed E-state index contributed by atoms with van der Waals surface area (Å²) in [7, 11) is -3.31. The van der Waals surface area contributed by atoms with Crippen molar-refractivity contribution in [1.82, 2.24) is 25.1 Å². The zero-order chi connectivity index (χ0) is 17.2. The molecule has 3 rings (SSSR count). The second-order valence-corrected chi connectivity index (χ2v) is 8.02. The van der Waals surface area contributed by atoms with E-state index >= 15 is 0 Å². The van der Waals surface area contributed by atoms with Crippen molar-refractivity contribution in [2.45, 2.75) is 24.2 Å². The van der Waals surface area contributed by atoms with E-state index in [4.69, 9.17) is 0 Å². The molecule has 0 bridgehead atoms. The number of aromatic amines is 1. The van der Waals surface area contributed by atoms with Crippen LogP contribution < -0.4 is 0 Å². The Labute approximate surface area is 140 Å². The Balaban J connectivity index is 1.71. The van der Waals surface area contributed by atoms with Gasteiger partial charge in [-0.25, -0.2) is 13.4 Å². The fourth-order valence-electron chi connectivity index (χ4n) is 3.04. The molecule has 0 aromatic carbocycles. The van der Waals surface area contributed by atoms with E-state index in [2.05, 4.69) is 20.2 Å². The van der Waals surface area contributed by atoms with Gasteiger partial charge in [0.2, 0.25) is 0 Å². The van der Waals surface area contributed by atoms with Crippen molar-refractivity contribution < 1.29 is 13.2 Å². The molecule has 1 aliphatic rings. The van der Waals surface area contributed by atoms with Gasteiger partial charge in [0, 0.05) is 31.7 Å². The quantitative estimate of drug-likeness (QED) is 0.870. The summed E-state index contributed by atoms with van der Waals surface area (Å²) in [5, 5.41) is 6.63. The first-order valence-corrected chi connectivity index (χ1v) is 9.62. The normalized spacial score (nSPS) is 18.5. The second-order valence-electron chi connectivity index (χ2n) is 6.04. The molecular formula is C15H19N5O3S. The molecule has 0 aliphatic carbocycles. The van der Waals surface area contributed by atoms with Gasteiger partial charge in [0.25, 0.3) is 5.91 Å². The summed E-state index contributed by atoms with van der Waals surface area (Å²) in [5.74, 6) is 0.0427. The number of piperidine rings is 1. The third-order valence-electron chi connectivity index (χ3n) is 4.16. The van der Waals surface area contributed by atoms with Crippen LogP contribution in [0.2, 0.25) is 0 Å². The topological polar surface area (TPSA) is 109 Å². The summed E-state index contributed by atoms with van der Waals surface area (Å²) < 4.78 is 23.5. The molecule has 128 valence electrons. The minimum atomic E-state index is -3.31. The zero-order valence-electron chi connectivity index (χ0n) is 13.3. The fourth-order valence-corrected chi connectivity index (χ4v) is 3.86. The average molecular weight is 349 g/mol. The highest BCUT2D eigenvalue weighted by Gasteiger charge is 2.27. The minimum absolute atomic E-state index is 0.138. The molecule has 1 N–H and O–H groups in total. The van der Waals surface area contributed by atoms with Gasteiger partial charge in [-0.05, 0) is 25.2 Å². The van der Waals surface area contributed by atoms with E-state index in [1.807, 2.05) is 0 Å². The summed E-state index contributed by atoms with van der Waals surface area (Å²) in [5.41, 5.74) is 0.938. The molecule has 0 spiro atoms. The van der Waals surface area contributed by atoms with Crippen molar-refractivity contribution in [2.24, 2.45) is 5.92 Å². The molecule has 0 saturated carbocycles. The molecule has 1 amide bonds. The number of aromatic nitrogens is 4. The maximum absolute atomic E-state index is 12.5. The number of carbonyl (C=O) groups is 1. The van der Waals surface area contributed by atoms with Gasteiger partial charge >= 0.3 is 0 Å². The molecule has 2 aromatic rings. The average Bonchev–Trinajstić information content (AvgIpc) is 3.04. The summed E-state index contributed by atoms with van der Waals surface area (Å²) in [6.45, 7) is 1.24. The predicted octanol–water partition coefficient (Wildman–Crippen LogP) is 0.698. The molecule has 0 radical (unpaired) electrons. The van der Waals surface area contributed by atoms with E-state index in [-0.39, 0.29) is 16.7 Å². The van der Waals surface area contributed by atoms with Crippen molar-refractivity contribution in [2.75, 3.05) is 19.3 Å². The predicted molar refractivity (Wildman–Crippen MR) is 86.1 cm³/mol. The molecule has 3 heterocycles. The summed E-state index contributed by atoms with van der Waals surface area (Å²) >= 11 is 0. The van der Waals surface area contributed by atoms with E-state index in [0.29, 0.717) is 30.9 Å². The Morgan fingerprint density at radius 2 is 2.21 bits per heavy atom. The first kappa shape index (κ1) is 16.6. The molecule has 1 saturated heterocycles. The Bertz CT molecular complexity index is 819. The molecule has 0 unspecified atom stereocenters. The SMILES string of the molecule is CS(=O)(=O)c1cn[nH]c1C[C@H]1CCCN(C(=O)c2cnccn2)C1. The van der Waals surface area contributed by atoms with Crippen LogP contribution in [-0.2, 0) is 16.3 Å². The molecule has 24 heavy (non-hydrogen) atoms. The third-order valence-corrected chi connectivity index (χ3v) is 5.31. The lowest BCUT2D eigenvalue weighted by molar-refractivity contribution is 0.0666. The zero-order valence-corrected chi connectivity index (χ0v) is 14.2. The van der Waals surface area contributed by atoms with Crippen LogP contribution in [0.25, 0.3) is 0 Å². The van der Waals surface area contributed by atoms with Crippen molar-refractivity contribution in [3.8, 4) is 0 Å². The number of carbonyl (C=O) groups excluding carboxylic acids is 1. The first-order chi connectivity index (χ1) is 11.4. The van der Waals surface area contributed by atoms with Gasteiger partial charge in [-0.1, -0.05) is 0 Å². The molecule has 8 nitrogen and oxygen atoms in total. The Kier molecular flexibility index (Phi) is 4.61. The van der Waals surface area contributed by atoms with E-state index in [1.165, 1.54) is 31.0 Å². The van der Waals surface area contributed by atoms with Crippen molar-refractivity contribution in [3.63, 3.8) is 0 Å². The number of amides is 1. The van der Waals surface area contributed by atoms with Crippen LogP contribution >= 0.6 is 0 Å². The molecule has 1 aliphatic heterocycles. The highest BCUT2D eigenvalue weighted by atomic mass is 32.2. The number of rotatable bonds is 4. The van der Waals surface area contributed by atoms with Gasteiger partial charge < -0.3 is 4.90 Å². The van der Waals surface area contributed by atoms with Gasteiger partial charge in [-0.3, -0.25) is 14.9 Å². The van der Waals surface area contributed by atoms with E-state index in [0.717, 1.165) is 12.8 Å². The van der Waals surface area contributed by atoms with Crippen LogP contribution in [-0.4, -0.2) is 58.7 Å². The molecule has 1 atom stereocenters. The van der Waals surface area contributed by atoms with Gasteiger partial charge in [0.05, 0.1) is 18.1 Å². The number of hydrogen-bond acceptors (Lipinski definition) is 6. The summed E-state index contributed by atoms with van der Waals surface area (Å²) in [6, 6.07) is 0.